The zero-order chi connectivity index (χ0) is 11.1. The van der Waals surface area contributed by atoms with Crippen LogP contribution in [-0.2, 0) is 0 Å². The first-order valence-electron chi connectivity index (χ1n) is 5.94. The highest BCUT2D eigenvalue weighted by Crippen LogP contribution is 2.32. The summed E-state index contributed by atoms with van der Waals surface area (Å²) in [7, 11) is 2.22. The van der Waals surface area contributed by atoms with E-state index in [1.54, 1.807) is 0 Å². The predicted octanol–water partition coefficient (Wildman–Crippen LogP) is 0.783. The minimum absolute atomic E-state index is 0.827. The maximum absolute atomic E-state index is 4.46. The molecule has 16 heavy (non-hydrogen) atoms. The average molecular weight is 218 g/mol. The molecule has 2 aliphatic rings. The van der Waals surface area contributed by atoms with Gasteiger partial charge in [-0.3, -0.25) is 4.98 Å². The fourth-order valence-corrected chi connectivity index (χ4v) is 2.96. The molecule has 4 nitrogen and oxygen atoms in total. The van der Waals surface area contributed by atoms with Gasteiger partial charge in [-0.2, -0.15) is 0 Å². The minimum atomic E-state index is 0.827. The van der Waals surface area contributed by atoms with Crippen molar-refractivity contribution in [2.45, 2.75) is 6.92 Å². The molecule has 2 atom stereocenters. The highest BCUT2D eigenvalue weighted by atomic mass is 15.3. The average Bonchev–Trinajstić information content (AvgIpc) is 2.75. The molecule has 0 saturated carbocycles. The van der Waals surface area contributed by atoms with E-state index in [9.17, 15) is 0 Å². The van der Waals surface area contributed by atoms with Crippen LogP contribution >= 0.6 is 0 Å². The predicted molar refractivity (Wildman–Crippen MR) is 63.5 cm³/mol. The molecule has 0 amide bonds. The fraction of sp³-hybridized carbons (Fsp3) is 0.667. The van der Waals surface area contributed by atoms with Crippen LogP contribution < -0.4 is 4.90 Å². The van der Waals surface area contributed by atoms with Gasteiger partial charge in [-0.25, -0.2) is 4.98 Å². The SMILES string of the molecule is Cc1cnc(N2CC3CN(C)CC3C2)cn1. The summed E-state index contributed by atoms with van der Waals surface area (Å²) in [4.78, 5) is 13.6. The normalized spacial score (nSPS) is 29.8. The highest BCUT2D eigenvalue weighted by Gasteiger charge is 2.38. The smallest absolute Gasteiger partial charge is 0.147 e. The van der Waals surface area contributed by atoms with Crippen molar-refractivity contribution in [2.24, 2.45) is 11.8 Å². The number of hydrogen-bond donors (Lipinski definition) is 0. The lowest BCUT2D eigenvalue weighted by Gasteiger charge is -2.19. The number of aryl methyl sites for hydroxylation is 1. The molecule has 86 valence electrons. The molecule has 0 bridgehead atoms. The lowest BCUT2D eigenvalue weighted by Crippen LogP contribution is -2.27. The maximum atomic E-state index is 4.46. The Morgan fingerprint density at radius 1 is 1.06 bits per heavy atom. The minimum Gasteiger partial charge on any atom is -0.355 e. The summed E-state index contributed by atoms with van der Waals surface area (Å²) in [5.41, 5.74) is 0.989. The van der Waals surface area contributed by atoms with Gasteiger partial charge in [-0.1, -0.05) is 0 Å². The second kappa shape index (κ2) is 3.70. The van der Waals surface area contributed by atoms with Crippen molar-refractivity contribution < 1.29 is 0 Å². The molecule has 2 fully saturated rings. The Kier molecular flexibility index (Phi) is 2.32. The Hall–Kier alpha value is -1.16. The fourth-order valence-electron chi connectivity index (χ4n) is 2.96. The van der Waals surface area contributed by atoms with Crippen molar-refractivity contribution in [1.82, 2.24) is 14.9 Å². The van der Waals surface area contributed by atoms with Crippen LogP contribution in [0, 0.1) is 18.8 Å². The third kappa shape index (κ3) is 1.67. The van der Waals surface area contributed by atoms with Crippen LogP contribution in [0.15, 0.2) is 12.4 Å². The van der Waals surface area contributed by atoms with Crippen LogP contribution in [0.5, 0.6) is 0 Å². The van der Waals surface area contributed by atoms with E-state index in [1.165, 1.54) is 13.1 Å². The monoisotopic (exact) mass is 218 g/mol. The van der Waals surface area contributed by atoms with Gasteiger partial charge in [0.2, 0.25) is 0 Å². The lowest BCUT2D eigenvalue weighted by atomic mass is 10.0. The molecular formula is C12H18N4. The molecule has 1 aromatic heterocycles. The number of fused-ring (bicyclic) bond motifs is 1. The van der Waals surface area contributed by atoms with Crippen LogP contribution in [0.1, 0.15) is 5.69 Å². The van der Waals surface area contributed by atoms with Gasteiger partial charge in [0.05, 0.1) is 18.1 Å². The maximum Gasteiger partial charge on any atom is 0.147 e. The van der Waals surface area contributed by atoms with Crippen LogP contribution in [0.25, 0.3) is 0 Å². The first kappa shape index (κ1) is 10.0. The summed E-state index contributed by atoms with van der Waals surface area (Å²) in [6.07, 6.45) is 3.76. The summed E-state index contributed by atoms with van der Waals surface area (Å²) in [6, 6.07) is 0. The number of aromatic nitrogens is 2. The topological polar surface area (TPSA) is 32.3 Å². The number of nitrogens with zero attached hydrogens (tertiary/aromatic N) is 4. The standard InChI is InChI=1S/C12H18N4/c1-9-3-14-12(4-13-9)16-7-10-5-15(2)6-11(10)8-16/h3-4,10-11H,5-8H2,1-2H3. The largest absolute Gasteiger partial charge is 0.355 e. The Bertz CT molecular complexity index is 361. The number of hydrogen-bond acceptors (Lipinski definition) is 4. The highest BCUT2D eigenvalue weighted by molar-refractivity contribution is 5.38. The van der Waals surface area contributed by atoms with Gasteiger partial charge in [0, 0.05) is 26.2 Å². The molecule has 3 rings (SSSR count). The van der Waals surface area contributed by atoms with Gasteiger partial charge in [0.15, 0.2) is 0 Å². The first-order chi connectivity index (χ1) is 7.72. The van der Waals surface area contributed by atoms with E-state index in [1.807, 2.05) is 19.3 Å². The quantitative estimate of drug-likeness (QED) is 0.697. The van der Waals surface area contributed by atoms with E-state index in [0.29, 0.717) is 0 Å². The molecule has 0 aliphatic carbocycles. The lowest BCUT2D eigenvalue weighted by molar-refractivity contribution is 0.387. The Morgan fingerprint density at radius 2 is 1.75 bits per heavy atom. The van der Waals surface area contributed by atoms with E-state index in [2.05, 4.69) is 26.8 Å². The number of likely N-dealkylation sites (tertiary alicyclic amines) is 1. The second-order valence-corrected chi connectivity index (χ2v) is 5.16. The molecule has 1 aromatic rings. The Morgan fingerprint density at radius 3 is 2.31 bits per heavy atom. The summed E-state index contributed by atoms with van der Waals surface area (Å²) >= 11 is 0. The third-order valence-electron chi connectivity index (χ3n) is 3.76. The third-order valence-corrected chi connectivity index (χ3v) is 3.76. The van der Waals surface area contributed by atoms with Gasteiger partial charge < -0.3 is 9.80 Å². The zero-order valence-corrected chi connectivity index (χ0v) is 9.93. The number of rotatable bonds is 1. The Labute approximate surface area is 96.3 Å². The summed E-state index contributed by atoms with van der Waals surface area (Å²) < 4.78 is 0. The van der Waals surface area contributed by atoms with Gasteiger partial charge in [-0.05, 0) is 25.8 Å². The summed E-state index contributed by atoms with van der Waals surface area (Å²) in [5, 5.41) is 0. The zero-order valence-electron chi connectivity index (χ0n) is 9.93. The first-order valence-corrected chi connectivity index (χ1v) is 5.94. The van der Waals surface area contributed by atoms with Gasteiger partial charge in [0.25, 0.3) is 0 Å². The Balaban J connectivity index is 1.73. The molecule has 3 heterocycles. The van der Waals surface area contributed by atoms with Gasteiger partial charge >= 0.3 is 0 Å². The molecule has 0 aromatic carbocycles. The van der Waals surface area contributed by atoms with E-state index in [0.717, 1.165) is 36.4 Å². The molecule has 0 spiro atoms. The van der Waals surface area contributed by atoms with Gasteiger partial charge in [-0.15, -0.1) is 0 Å². The molecule has 2 unspecified atom stereocenters. The molecule has 4 heteroatoms. The summed E-state index contributed by atoms with van der Waals surface area (Å²) in [5.74, 6) is 2.70. The van der Waals surface area contributed by atoms with Crippen LogP contribution in [0.2, 0.25) is 0 Å². The molecule has 2 saturated heterocycles. The summed E-state index contributed by atoms with van der Waals surface area (Å²) in [6.45, 7) is 6.74. The van der Waals surface area contributed by atoms with E-state index >= 15 is 0 Å². The molecule has 2 aliphatic heterocycles. The van der Waals surface area contributed by atoms with Crippen LogP contribution in [-0.4, -0.2) is 48.1 Å². The van der Waals surface area contributed by atoms with E-state index < -0.39 is 0 Å². The molecule has 0 radical (unpaired) electrons. The molecular weight excluding hydrogens is 200 g/mol. The van der Waals surface area contributed by atoms with Crippen LogP contribution in [0.3, 0.4) is 0 Å². The van der Waals surface area contributed by atoms with Crippen molar-refractivity contribution in [1.29, 1.82) is 0 Å². The van der Waals surface area contributed by atoms with Crippen molar-refractivity contribution in [2.75, 3.05) is 38.1 Å². The van der Waals surface area contributed by atoms with Crippen molar-refractivity contribution in [3.05, 3.63) is 18.1 Å². The van der Waals surface area contributed by atoms with Crippen molar-refractivity contribution in [3.8, 4) is 0 Å². The van der Waals surface area contributed by atoms with E-state index in [-0.39, 0.29) is 0 Å². The van der Waals surface area contributed by atoms with Crippen molar-refractivity contribution >= 4 is 5.82 Å². The second-order valence-electron chi connectivity index (χ2n) is 5.16. The van der Waals surface area contributed by atoms with Crippen molar-refractivity contribution in [3.63, 3.8) is 0 Å². The van der Waals surface area contributed by atoms with E-state index in [4.69, 9.17) is 0 Å². The number of anilines is 1. The van der Waals surface area contributed by atoms with Crippen LogP contribution in [0.4, 0.5) is 5.82 Å². The van der Waals surface area contributed by atoms with Gasteiger partial charge in [0.1, 0.15) is 5.82 Å². The molecule has 0 N–H and O–H groups in total.